The predicted octanol–water partition coefficient (Wildman–Crippen LogP) is 1.67. The Hall–Kier alpha value is -1.79. The van der Waals surface area contributed by atoms with Gasteiger partial charge in [-0.2, -0.15) is 0 Å². The average Bonchev–Trinajstić information content (AvgIpc) is 2.87. The number of hydrogen-bond donors (Lipinski definition) is 5. The fraction of sp³-hybridized carbons (Fsp3) is 0.824. The van der Waals surface area contributed by atoms with Crippen molar-refractivity contribution < 1.29 is 14.7 Å². The van der Waals surface area contributed by atoms with E-state index < -0.39 is 11.9 Å². The van der Waals surface area contributed by atoms with E-state index in [0.717, 1.165) is 25.7 Å². The monoisotopic (exact) mass is 340 g/mol. The van der Waals surface area contributed by atoms with Crippen molar-refractivity contribution in [1.29, 1.82) is 5.41 Å². The van der Waals surface area contributed by atoms with Gasteiger partial charge >= 0.3 is 5.97 Å². The first-order chi connectivity index (χ1) is 11.3. The van der Waals surface area contributed by atoms with Gasteiger partial charge in [0.05, 0.1) is 5.92 Å². The lowest BCUT2D eigenvalue weighted by Crippen LogP contribution is -2.52. The van der Waals surface area contributed by atoms with Crippen LogP contribution in [0.2, 0.25) is 0 Å². The molecule has 0 aromatic rings. The first-order valence-electron chi connectivity index (χ1n) is 8.90. The molecule has 6 N–H and O–H groups in total. The lowest BCUT2D eigenvalue weighted by atomic mass is 9.80. The molecular weight excluding hydrogens is 308 g/mol. The van der Waals surface area contributed by atoms with Crippen molar-refractivity contribution in [2.75, 3.05) is 0 Å². The Kier molecular flexibility index (Phi) is 8.01. The molecule has 0 aromatic carbocycles. The maximum Gasteiger partial charge on any atom is 0.306 e. The molecule has 0 bridgehead atoms. The Morgan fingerprint density at radius 2 is 1.83 bits per heavy atom. The van der Waals surface area contributed by atoms with Crippen LogP contribution >= 0.6 is 0 Å². The second-order valence-electron chi connectivity index (χ2n) is 6.90. The molecule has 1 saturated carbocycles. The normalized spacial score (nSPS) is 24.6. The number of nitrogens with two attached hydrogens (primary N) is 1. The van der Waals surface area contributed by atoms with Crippen LogP contribution in [0.15, 0.2) is 0 Å². The third-order valence-electron chi connectivity index (χ3n) is 4.96. The van der Waals surface area contributed by atoms with E-state index in [1.165, 1.54) is 6.92 Å². The number of aliphatic carboxylic acids is 1. The van der Waals surface area contributed by atoms with Gasteiger partial charge in [0.25, 0.3) is 0 Å². The fourth-order valence-electron chi connectivity index (χ4n) is 4.09. The van der Waals surface area contributed by atoms with Gasteiger partial charge in [0, 0.05) is 24.9 Å². The molecule has 7 heteroatoms. The Labute approximate surface area is 144 Å². The minimum absolute atomic E-state index is 0.0398. The molecule has 1 rings (SSSR count). The summed E-state index contributed by atoms with van der Waals surface area (Å²) in [6.45, 7) is 5.74. The minimum atomic E-state index is -0.822. The highest BCUT2D eigenvalue weighted by molar-refractivity contribution is 5.76. The molecule has 0 heterocycles. The van der Waals surface area contributed by atoms with Crippen molar-refractivity contribution in [1.82, 2.24) is 10.6 Å². The third kappa shape index (κ3) is 5.69. The molecule has 3 unspecified atom stereocenters. The van der Waals surface area contributed by atoms with Crippen LogP contribution in [-0.2, 0) is 9.59 Å². The number of carbonyl (C=O) groups is 2. The summed E-state index contributed by atoms with van der Waals surface area (Å²) >= 11 is 0. The fourth-order valence-corrected chi connectivity index (χ4v) is 4.09. The van der Waals surface area contributed by atoms with Gasteiger partial charge < -0.3 is 21.5 Å². The van der Waals surface area contributed by atoms with Gasteiger partial charge in [-0.05, 0) is 31.6 Å². The quantitative estimate of drug-likeness (QED) is 0.322. The second kappa shape index (κ2) is 9.49. The zero-order valence-electron chi connectivity index (χ0n) is 15.0. The summed E-state index contributed by atoms with van der Waals surface area (Å²) in [7, 11) is 0. The highest BCUT2D eigenvalue weighted by Gasteiger charge is 2.44. The molecule has 1 fully saturated rings. The van der Waals surface area contributed by atoms with E-state index in [4.69, 9.17) is 11.1 Å². The molecule has 138 valence electrons. The Balaban J connectivity index is 3.07. The van der Waals surface area contributed by atoms with Crippen molar-refractivity contribution in [3.05, 3.63) is 0 Å². The number of rotatable bonds is 9. The standard InChI is InChI=1S/C17H32N4O3/c1-4-6-11(7-5-2)15(20-10(3)22)13-8-12(16(23)24)9-14(13)21-17(18)19/h11-15H,4-9H2,1-3H3,(H,20,22)(H,23,24)(H4,18,19,21)/t12?,13-,14?,15?/m1/s1. The Morgan fingerprint density at radius 1 is 1.25 bits per heavy atom. The van der Waals surface area contributed by atoms with Crippen molar-refractivity contribution >= 4 is 17.8 Å². The highest BCUT2D eigenvalue weighted by Crippen LogP contribution is 2.38. The van der Waals surface area contributed by atoms with Gasteiger partial charge in [-0.25, -0.2) is 0 Å². The molecule has 0 spiro atoms. The summed E-state index contributed by atoms with van der Waals surface area (Å²) in [5, 5.41) is 22.9. The van der Waals surface area contributed by atoms with Gasteiger partial charge in [0.15, 0.2) is 5.96 Å². The molecule has 7 nitrogen and oxygen atoms in total. The summed E-state index contributed by atoms with van der Waals surface area (Å²) in [6.07, 6.45) is 4.93. The summed E-state index contributed by atoms with van der Waals surface area (Å²) in [5.74, 6) is -1.28. The van der Waals surface area contributed by atoms with Crippen molar-refractivity contribution in [2.45, 2.75) is 71.4 Å². The summed E-state index contributed by atoms with van der Waals surface area (Å²) in [4.78, 5) is 23.2. The van der Waals surface area contributed by atoms with E-state index in [9.17, 15) is 14.7 Å². The topological polar surface area (TPSA) is 128 Å². The molecule has 0 radical (unpaired) electrons. The van der Waals surface area contributed by atoms with Gasteiger partial charge in [0.1, 0.15) is 0 Å². The van der Waals surface area contributed by atoms with Crippen molar-refractivity contribution in [3.63, 3.8) is 0 Å². The first kappa shape index (κ1) is 20.3. The average molecular weight is 340 g/mol. The summed E-state index contributed by atoms with van der Waals surface area (Å²) in [5.41, 5.74) is 5.49. The van der Waals surface area contributed by atoms with Crippen LogP contribution in [0.25, 0.3) is 0 Å². The molecule has 0 saturated heterocycles. The lowest BCUT2D eigenvalue weighted by molar-refractivity contribution is -0.141. The summed E-state index contributed by atoms with van der Waals surface area (Å²) in [6, 6.07) is -0.291. The third-order valence-corrected chi connectivity index (χ3v) is 4.96. The van der Waals surface area contributed by atoms with Crippen LogP contribution in [-0.4, -0.2) is 35.0 Å². The molecule has 24 heavy (non-hydrogen) atoms. The number of carbonyl (C=O) groups excluding carboxylic acids is 1. The SMILES string of the molecule is CCCC(CCC)C(NC(C)=O)[C@@H]1CC(C(=O)O)CC1NC(=N)N. The molecule has 1 aliphatic rings. The van der Waals surface area contributed by atoms with Crippen molar-refractivity contribution in [2.24, 2.45) is 23.5 Å². The van der Waals surface area contributed by atoms with E-state index in [1.54, 1.807) is 0 Å². The number of carboxylic acids is 1. The van der Waals surface area contributed by atoms with Crippen LogP contribution in [0.3, 0.4) is 0 Å². The molecular formula is C17H32N4O3. The number of hydrogen-bond acceptors (Lipinski definition) is 3. The highest BCUT2D eigenvalue weighted by atomic mass is 16.4. The van der Waals surface area contributed by atoms with E-state index in [-0.39, 0.29) is 29.9 Å². The molecule has 4 atom stereocenters. The molecule has 0 aromatic heterocycles. The van der Waals surface area contributed by atoms with Gasteiger partial charge in [-0.3, -0.25) is 15.0 Å². The predicted molar refractivity (Wildman–Crippen MR) is 93.6 cm³/mol. The van der Waals surface area contributed by atoms with Crippen LogP contribution in [0.1, 0.15) is 59.3 Å². The van der Waals surface area contributed by atoms with Crippen LogP contribution in [0, 0.1) is 23.2 Å². The molecule has 1 amide bonds. The van der Waals surface area contributed by atoms with E-state index in [2.05, 4.69) is 24.5 Å². The second-order valence-corrected chi connectivity index (χ2v) is 6.90. The molecule has 1 aliphatic carbocycles. The number of carboxylic acid groups (broad SMARTS) is 1. The maximum atomic E-state index is 11.8. The van der Waals surface area contributed by atoms with Gasteiger partial charge in [-0.15, -0.1) is 0 Å². The van der Waals surface area contributed by atoms with Gasteiger partial charge in [0.2, 0.25) is 5.91 Å². The summed E-state index contributed by atoms with van der Waals surface area (Å²) < 4.78 is 0. The van der Waals surface area contributed by atoms with E-state index in [0.29, 0.717) is 18.8 Å². The number of nitrogens with one attached hydrogen (secondary N) is 3. The zero-order valence-corrected chi connectivity index (χ0v) is 15.0. The molecule has 0 aliphatic heterocycles. The van der Waals surface area contributed by atoms with Gasteiger partial charge in [-0.1, -0.05) is 26.7 Å². The zero-order chi connectivity index (χ0) is 18.3. The van der Waals surface area contributed by atoms with E-state index in [1.807, 2.05) is 0 Å². The number of amides is 1. The lowest BCUT2D eigenvalue weighted by Gasteiger charge is -2.35. The number of guanidine groups is 1. The maximum absolute atomic E-state index is 11.8. The Morgan fingerprint density at radius 3 is 2.25 bits per heavy atom. The van der Waals surface area contributed by atoms with Crippen molar-refractivity contribution in [3.8, 4) is 0 Å². The van der Waals surface area contributed by atoms with Crippen LogP contribution in [0.5, 0.6) is 0 Å². The largest absolute Gasteiger partial charge is 0.481 e. The minimum Gasteiger partial charge on any atom is -0.481 e. The first-order valence-corrected chi connectivity index (χ1v) is 8.90. The van der Waals surface area contributed by atoms with Crippen LogP contribution in [0.4, 0.5) is 0 Å². The Bertz CT molecular complexity index is 449. The van der Waals surface area contributed by atoms with E-state index >= 15 is 0 Å². The van der Waals surface area contributed by atoms with Crippen LogP contribution < -0.4 is 16.4 Å². The smallest absolute Gasteiger partial charge is 0.306 e.